The summed E-state index contributed by atoms with van der Waals surface area (Å²) in [6.07, 6.45) is -0.616. The summed E-state index contributed by atoms with van der Waals surface area (Å²) in [5.41, 5.74) is 0. The molecule has 0 aromatic rings. The second kappa shape index (κ2) is 1.63. The molecule has 0 saturated carbocycles. The number of hydrogen-bond acceptors (Lipinski definition) is 2. The molecule has 9 heavy (non-hydrogen) atoms. The van der Waals surface area contributed by atoms with Crippen LogP contribution in [0.1, 0.15) is 6.42 Å². The highest BCUT2D eigenvalue weighted by Crippen LogP contribution is 2.28. The third-order valence-electron chi connectivity index (χ3n) is 1.10. The molecule has 1 fully saturated rings. The van der Waals surface area contributed by atoms with Crippen molar-refractivity contribution in [2.45, 2.75) is 11.7 Å². The van der Waals surface area contributed by atoms with E-state index in [4.69, 9.17) is 0 Å². The van der Waals surface area contributed by atoms with Gasteiger partial charge in [0.05, 0.1) is 0 Å². The Labute approximate surface area is 51.1 Å². The Hall–Kier alpha value is -0.230. The third-order valence-corrected chi connectivity index (χ3v) is 2.68. The van der Waals surface area contributed by atoms with Crippen LogP contribution in [0.2, 0.25) is 0 Å². The van der Waals surface area contributed by atoms with E-state index in [1.165, 1.54) is 0 Å². The van der Waals surface area contributed by atoms with E-state index in [9.17, 15) is 17.2 Å². The van der Waals surface area contributed by atoms with Gasteiger partial charge in [-0.1, -0.05) is 0 Å². The minimum atomic E-state index is -4.31. The molecule has 1 rings (SSSR count). The van der Waals surface area contributed by atoms with Gasteiger partial charge in [-0.3, -0.25) is 0 Å². The van der Waals surface area contributed by atoms with Gasteiger partial charge in [-0.2, -0.15) is 8.78 Å². The molecule has 1 N–H and O–H groups in total. The predicted octanol–water partition coefficient (Wildman–Crippen LogP) is -0.0977. The molecule has 1 aliphatic heterocycles. The fraction of sp³-hybridized carbons (Fsp3) is 1.00. The first-order valence-electron chi connectivity index (χ1n) is 2.33. The number of nitrogens with one attached hydrogen (secondary N) is 1. The Kier molecular flexibility index (Phi) is 1.25. The molecule has 0 bridgehead atoms. The molecule has 0 aliphatic carbocycles. The minimum absolute atomic E-state index is 0.157. The van der Waals surface area contributed by atoms with Crippen molar-refractivity contribution in [1.82, 2.24) is 4.72 Å². The van der Waals surface area contributed by atoms with E-state index in [1.54, 1.807) is 4.72 Å². The zero-order valence-electron chi connectivity index (χ0n) is 4.39. The van der Waals surface area contributed by atoms with Gasteiger partial charge in [0, 0.05) is 13.0 Å². The monoisotopic (exact) mass is 157 g/mol. The van der Waals surface area contributed by atoms with Crippen LogP contribution in [0.4, 0.5) is 8.78 Å². The van der Waals surface area contributed by atoms with Gasteiger partial charge in [-0.15, -0.1) is 0 Å². The quantitative estimate of drug-likeness (QED) is 0.533. The average Bonchev–Trinajstić information content (AvgIpc) is 1.81. The van der Waals surface area contributed by atoms with Gasteiger partial charge in [-0.05, 0) is 0 Å². The van der Waals surface area contributed by atoms with Crippen molar-refractivity contribution in [3.63, 3.8) is 0 Å². The molecular weight excluding hydrogens is 152 g/mol. The van der Waals surface area contributed by atoms with Crippen LogP contribution in [0.15, 0.2) is 0 Å². The SMILES string of the molecule is O=S1(=O)NCCC1(F)F. The van der Waals surface area contributed by atoms with Gasteiger partial charge < -0.3 is 0 Å². The summed E-state index contributed by atoms with van der Waals surface area (Å²) in [5.74, 6) is 0. The second-order valence-electron chi connectivity index (χ2n) is 1.79. The molecular formula is C3H5F2NO2S. The lowest BCUT2D eigenvalue weighted by atomic mass is 10.5. The zero-order chi connectivity index (χ0) is 7.12. The van der Waals surface area contributed by atoms with Crippen molar-refractivity contribution in [2.24, 2.45) is 0 Å². The van der Waals surface area contributed by atoms with Gasteiger partial charge in [0.2, 0.25) is 0 Å². The van der Waals surface area contributed by atoms with Crippen molar-refractivity contribution in [3.05, 3.63) is 0 Å². The van der Waals surface area contributed by atoms with Crippen LogP contribution in [0, 0.1) is 0 Å². The van der Waals surface area contributed by atoms with E-state index >= 15 is 0 Å². The Balaban J connectivity index is 3.03. The Morgan fingerprint density at radius 1 is 1.44 bits per heavy atom. The highest BCUT2D eigenvalue weighted by atomic mass is 32.2. The Morgan fingerprint density at radius 2 is 2.00 bits per heavy atom. The van der Waals surface area contributed by atoms with Crippen molar-refractivity contribution >= 4 is 10.0 Å². The summed E-state index contributed by atoms with van der Waals surface area (Å²) in [6, 6.07) is 0. The van der Waals surface area contributed by atoms with E-state index in [2.05, 4.69) is 0 Å². The number of alkyl halides is 2. The Bertz CT molecular complexity index is 210. The maximum atomic E-state index is 12.1. The number of halogens is 2. The van der Waals surface area contributed by atoms with Crippen molar-refractivity contribution in [3.8, 4) is 0 Å². The summed E-state index contributed by atoms with van der Waals surface area (Å²) in [5, 5.41) is -3.55. The summed E-state index contributed by atoms with van der Waals surface area (Å²) in [7, 11) is -4.31. The molecule has 0 aromatic carbocycles. The molecule has 1 heterocycles. The van der Waals surface area contributed by atoms with Gasteiger partial charge in [0.15, 0.2) is 0 Å². The van der Waals surface area contributed by atoms with E-state index in [0.29, 0.717) is 0 Å². The molecule has 1 saturated heterocycles. The highest BCUT2D eigenvalue weighted by Gasteiger charge is 2.49. The van der Waals surface area contributed by atoms with Crippen LogP contribution in [-0.4, -0.2) is 20.2 Å². The van der Waals surface area contributed by atoms with Crippen LogP contribution in [-0.2, 0) is 10.0 Å². The normalized spacial score (nSPS) is 30.4. The highest BCUT2D eigenvalue weighted by molar-refractivity contribution is 7.90. The van der Waals surface area contributed by atoms with Crippen molar-refractivity contribution < 1.29 is 17.2 Å². The van der Waals surface area contributed by atoms with Gasteiger partial charge in [-0.25, -0.2) is 13.1 Å². The van der Waals surface area contributed by atoms with Crippen LogP contribution < -0.4 is 4.72 Å². The maximum absolute atomic E-state index is 12.1. The third kappa shape index (κ3) is 0.920. The largest absolute Gasteiger partial charge is 0.360 e. The number of sulfonamides is 1. The predicted molar refractivity (Wildman–Crippen MR) is 26.5 cm³/mol. The standard InChI is InChI=1S/C3H5F2NO2S/c4-3(5)1-2-6-9(3,7)8/h6H,1-2H2. The lowest BCUT2D eigenvalue weighted by molar-refractivity contribution is 0.0952. The lowest BCUT2D eigenvalue weighted by Crippen LogP contribution is -2.28. The molecule has 0 spiro atoms. The molecule has 3 nitrogen and oxygen atoms in total. The molecule has 1 aliphatic rings. The Morgan fingerprint density at radius 3 is 2.11 bits per heavy atom. The first-order valence-corrected chi connectivity index (χ1v) is 3.81. The molecule has 6 heteroatoms. The molecule has 54 valence electrons. The zero-order valence-corrected chi connectivity index (χ0v) is 5.21. The van der Waals surface area contributed by atoms with Crippen LogP contribution >= 0.6 is 0 Å². The van der Waals surface area contributed by atoms with Crippen LogP contribution in [0.3, 0.4) is 0 Å². The lowest BCUT2D eigenvalue weighted by Gasteiger charge is -2.03. The van der Waals surface area contributed by atoms with Crippen molar-refractivity contribution in [2.75, 3.05) is 6.54 Å². The van der Waals surface area contributed by atoms with E-state index in [0.717, 1.165) is 0 Å². The fourth-order valence-electron chi connectivity index (χ4n) is 0.571. The first-order chi connectivity index (χ1) is 3.96. The molecule has 0 amide bonds. The minimum Gasteiger partial charge on any atom is -0.210 e. The summed E-state index contributed by atoms with van der Waals surface area (Å²) < 4.78 is 46.3. The molecule has 0 radical (unpaired) electrons. The van der Waals surface area contributed by atoms with Crippen LogP contribution in [0.5, 0.6) is 0 Å². The first kappa shape index (κ1) is 6.88. The number of hydrogen-bond donors (Lipinski definition) is 1. The van der Waals surface area contributed by atoms with Crippen molar-refractivity contribution in [1.29, 1.82) is 0 Å². The van der Waals surface area contributed by atoms with Gasteiger partial charge in [0.25, 0.3) is 10.0 Å². The van der Waals surface area contributed by atoms with Gasteiger partial charge in [0.1, 0.15) is 0 Å². The summed E-state index contributed by atoms with van der Waals surface area (Å²) in [6.45, 7) is -0.157. The van der Waals surface area contributed by atoms with Crippen LogP contribution in [0.25, 0.3) is 0 Å². The molecule has 0 unspecified atom stereocenters. The smallest absolute Gasteiger partial charge is 0.210 e. The van der Waals surface area contributed by atoms with E-state index in [1.807, 2.05) is 0 Å². The fourth-order valence-corrected chi connectivity index (χ4v) is 1.52. The second-order valence-corrected chi connectivity index (χ2v) is 3.68. The van der Waals surface area contributed by atoms with Gasteiger partial charge >= 0.3 is 5.25 Å². The summed E-state index contributed by atoms with van der Waals surface area (Å²) in [4.78, 5) is 0. The molecule has 0 aromatic heterocycles. The average molecular weight is 157 g/mol. The van der Waals surface area contributed by atoms with E-state index in [-0.39, 0.29) is 6.54 Å². The summed E-state index contributed by atoms with van der Waals surface area (Å²) >= 11 is 0. The topological polar surface area (TPSA) is 46.2 Å². The number of rotatable bonds is 0. The van der Waals surface area contributed by atoms with E-state index < -0.39 is 21.7 Å². The maximum Gasteiger partial charge on any atom is 0.360 e. The molecule has 0 atom stereocenters.